The van der Waals surface area contributed by atoms with Gasteiger partial charge in [0.05, 0.1) is 17.5 Å². The first-order valence-electron chi connectivity index (χ1n) is 7.08. The predicted molar refractivity (Wildman–Crippen MR) is 81.1 cm³/mol. The Morgan fingerprint density at radius 2 is 1.83 bits per heavy atom. The maximum absolute atomic E-state index is 13.6. The molecule has 1 saturated heterocycles. The summed E-state index contributed by atoms with van der Waals surface area (Å²) in [6.07, 6.45) is -1.24. The fourth-order valence-corrected chi connectivity index (χ4v) is 2.70. The van der Waals surface area contributed by atoms with Crippen LogP contribution in [0.5, 0.6) is 0 Å². The number of nitrogens with one attached hydrogen (secondary N) is 2. The molecule has 3 rings (SSSR count). The lowest BCUT2D eigenvalue weighted by atomic mass is 9.98. The van der Waals surface area contributed by atoms with E-state index in [1.807, 2.05) is 0 Å². The molecule has 23 heavy (non-hydrogen) atoms. The van der Waals surface area contributed by atoms with Gasteiger partial charge in [0.25, 0.3) is 0 Å². The van der Waals surface area contributed by atoms with Crippen LogP contribution in [0.1, 0.15) is 30.1 Å². The van der Waals surface area contributed by atoms with Gasteiger partial charge in [0, 0.05) is 11.5 Å². The highest BCUT2D eigenvalue weighted by Crippen LogP contribution is 2.33. The topological polar surface area (TPSA) is 40.7 Å². The van der Waals surface area contributed by atoms with Gasteiger partial charge in [-0.05, 0) is 38.1 Å². The Morgan fingerprint density at radius 1 is 1.13 bits per heavy atom. The highest BCUT2D eigenvalue weighted by Gasteiger charge is 2.34. The Morgan fingerprint density at radius 3 is 2.43 bits per heavy atom. The van der Waals surface area contributed by atoms with Gasteiger partial charge in [-0.15, -0.1) is 12.4 Å². The minimum atomic E-state index is -4.68. The van der Waals surface area contributed by atoms with E-state index in [-0.39, 0.29) is 12.4 Å². The fourth-order valence-electron chi connectivity index (χ4n) is 2.70. The van der Waals surface area contributed by atoms with Crippen LogP contribution in [-0.4, -0.2) is 23.1 Å². The van der Waals surface area contributed by atoms with E-state index in [9.17, 15) is 17.6 Å². The van der Waals surface area contributed by atoms with Crippen LogP contribution in [0.25, 0.3) is 11.3 Å². The Balaban J connectivity index is 0.00000192. The number of benzene rings is 1. The van der Waals surface area contributed by atoms with Crippen LogP contribution in [0.2, 0.25) is 0 Å². The Kier molecular flexibility index (Phi) is 5.31. The highest BCUT2D eigenvalue weighted by molar-refractivity contribution is 5.85. The molecule has 0 aliphatic carbocycles. The van der Waals surface area contributed by atoms with Crippen LogP contribution >= 0.6 is 12.4 Å². The second kappa shape index (κ2) is 6.88. The number of nitrogens with zero attached hydrogens (tertiary/aromatic N) is 1. The number of imidazole rings is 1. The van der Waals surface area contributed by atoms with Crippen LogP contribution in [0.15, 0.2) is 24.4 Å². The van der Waals surface area contributed by atoms with Crippen molar-refractivity contribution in [1.82, 2.24) is 15.3 Å². The lowest BCUT2D eigenvalue weighted by molar-refractivity contribution is -0.139. The molecule has 0 unspecified atom stereocenters. The summed E-state index contributed by atoms with van der Waals surface area (Å²) in [4.78, 5) is 7.39. The normalized spacial score (nSPS) is 16.2. The molecule has 2 heterocycles. The van der Waals surface area contributed by atoms with E-state index in [1.54, 1.807) is 6.20 Å². The minimum Gasteiger partial charge on any atom is -0.342 e. The summed E-state index contributed by atoms with van der Waals surface area (Å²) >= 11 is 0. The van der Waals surface area contributed by atoms with Gasteiger partial charge in [0.1, 0.15) is 11.6 Å². The highest BCUT2D eigenvalue weighted by atomic mass is 35.5. The Labute approximate surface area is 136 Å². The zero-order valence-electron chi connectivity index (χ0n) is 12.1. The van der Waals surface area contributed by atoms with Crippen molar-refractivity contribution in [1.29, 1.82) is 0 Å². The van der Waals surface area contributed by atoms with Gasteiger partial charge in [-0.3, -0.25) is 0 Å². The molecule has 1 aromatic heterocycles. The molecule has 0 bridgehead atoms. The van der Waals surface area contributed by atoms with Crippen molar-refractivity contribution in [3.05, 3.63) is 41.6 Å². The molecule has 2 N–H and O–H groups in total. The van der Waals surface area contributed by atoms with Gasteiger partial charge in [-0.25, -0.2) is 9.37 Å². The van der Waals surface area contributed by atoms with E-state index in [4.69, 9.17) is 0 Å². The lowest BCUT2D eigenvalue weighted by Crippen LogP contribution is -2.27. The van der Waals surface area contributed by atoms with E-state index in [0.29, 0.717) is 17.2 Å². The molecule has 2 aromatic rings. The zero-order chi connectivity index (χ0) is 15.7. The molecule has 8 heteroatoms. The molecule has 1 aliphatic heterocycles. The number of alkyl halides is 3. The van der Waals surface area contributed by atoms with Crippen LogP contribution in [0, 0.1) is 5.82 Å². The summed E-state index contributed by atoms with van der Waals surface area (Å²) < 4.78 is 51.3. The maximum Gasteiger partial charge on any atom is 0.419 e. The van der Waals surface area contributed by atoms with E-state index in [1.165, 1.54) is 6.07 Å². The van der Waals surface area contributed by atoms with Crippen LogP contribution in [0.3, 0.4) is 0 Å². The molecule has 0 radical (unpaired) electrons. The molecule has 0 atom stereocenters. The molecule has 0 saturated carbocycles. The fraction of sp³-hybridized carbons (Fsp3) is 0.400. The number of hydrogen-bond acceptors (Lipinski definition) is 2. The molecule has 1 aliphatic rings. The molecule has 0 amide bonds. The number of hydrogen-bond donors (Lipinski definition) is 2. The number of aromatic amines is 1. The number of halogens is 5. The lowest BCUT2D eigenvalue weighted by Gasteiger charge is -2.20. The number of rotatable bonds is 2. The van der Waals surface area contributed by atoms with Crippen molar-refractivity contribution in [3.63, 3.8) is 0 Å². The average molecular weight is 350 g/mol. The second-order valence-corrected chi connectivity index (χ2v) is 5.40. The van der Waals surface area contributed by atoms with Crippen LogP contribution in [-0.2, 0) is 6.18 Å². The van der Waals surface area contributed by atoms with Crippen molar-refractivity contribution in [2.75, 3.05) is 13.1 Å². The third-order valence-corrected chi connectivity index (χ3v) is 3.91. The summed E-state index contributed by atoms with van der Waals surface area (Å²) in [7, 11) is 0. The third kappa shape index (κ3) is 3.84. The van der Waals surface area contributed by atoms with Gasteiger partial charge in [0.2, 0.25) is 0 Å². The first-order chi connectivity index (χ1) is 10.4. The zero-order valence-corrected chi connectivity index (χ0v) is 12.9. The summed E-state index contributed by atoms with van der Waals surface area (Å²) in [6, 6.07) is 2.91. The van der Waals surface area contributed by atoms with Gasteiger partial charge in [-0.2, -0.15) is 13.2 Å². The van der Waals surface area contributed by atoms with Gasteiger partial charge < -0.3 is 10.3 Å². The van der Waals surface area contributed by atoms with Crippen LogP contribution < -0.4 is 5.32 Å². The molecule has 0 spiro atoms. The summed E-state index contributed by atoms with van der Waals surface area (Å²) in [5.41, 5.74) is -0.367. The van der Waals surface area contributed by atoms with Crippen molar-refractivity contribution >= 4 is 12.4 Å². The Bertz CT molecular complexity index is 663. The summed E-state index contributed by atoms with van der Waals surface area (Å²) in [5, 5.41) is 3.25. The van der Waals surface area contributed by atoms with Gasteiger partial charge >= 0.3 is 6.18 Å². The Hall–Kier alpha value is -1.60. The van der Waals surface area contributed by atoms with E-state index in [0.717, 1.165) is 43.9 Å². The van der Waals surface area contributed by atoms with Crippen LogP contribution in [0.4, 0.5) is 17.6 Å². The standard InChI is InChI=1S/C15H15F4N3.ClH/c16-12-7-10(1-2-11(12)15(17,18)19)13-8-21-14(22-13)9-3-5-20-6-4-9;/h1-2,7-9,20H,3-6H2,(H,21,22);1H. The van der Waals surface area contributed by atoms with Gasteiger partial charge in [0.15, 0.2) is 0 Å². The van der Waals surface area contributed by atoms with Crippen molar-refractivity contribution in [2.45, 2.75) is 24.9 Å². The third-order valence-electron chi connectivity index (χ3n) is 3.91. The largest absolute Gasteiger partial charge is 0.419 e. The molecule has 1 aromatic carbocycles. The van der Waals surface area contributed by atoms with Crippen molar-refractivity contribution < 1.29 is 17.6 Å². The average Bonchev–Trinajstić information content (AvgIpc) is 2.96. The maximum atomic E-state index is 13.6. The van der Waals surface area contributed by atoms with Crippen molar-refractivity contribution in [2.24, 2.45) is 0 Å². The molecular formula is C15H16ClF4N3. The second-order valence-electron chi connectivity index (χ2n) is 5.40. The monoisotopic (exact) mass is 349 g/mol. The predicted octanol–water partition coefficient (Wildman–Crippen LogP) is 4.12. The molecule has 1 fully saturated rings. The number of aromatic nitrogens is 2. The molecule has 126 valence electrons. The van der Waals surface area contributed by atoms with E-state index < -0.39 is 17.6 Å². The minimum absolute atomic E-state index is 0. The smallest absolute Gasteiger partial charge is 0.342 e. The summed E-state index contributed by atoms with van der Waals surface area (Å²) in [5.74, 6) is -0.172. The quantitative estimate of drug-likeness (QED) is 0.801. The molecule has 3 nitrogen and oxygen atoms in total. The first-order valence-corrected chi connectivity index (χ1v) is 7.08. The molecular weight excluding hydrogens is 334 g/mol. The van der Waals surface area contributed by atoms with E-state index >= 15 is 0 Å². The number of H-pyrrole nitrogens is 1. The van der Waals surface area contributed by atoms with Gasteiger partial charge in [-0.1, -0.05) is 6.07 Å². The first kappa shape index (κ1) is 17.7. The number of piperidine rings is 1. The van der Waals surface area contributed by atoms with Crippen molar-refractivity contribution in [3.8, 4) is 11.3 Å². The SMILES string of the molecule is Cl.Fc1cc(-c2cnc(C3CCNCC3)[nH]2)ccc1C(F)(F)F. The van der Waals surface area contributed by atoms with E-state index in [2.05, 4.69) is 15.3 Å². The summed E-state index contributed by atoms with van der Waals surface area (Å²) in [6.45, 7) is 1.82.